The predicted molar refractivity (Wildman–Crippen MR) is 123 cm³/mol. The molecule has 2 N–H and O–H groups in total. The smallest absolute Gasteiger partial charge is 0.309 e. The summed E-state index contributed by atoms with van der Waals surface area (Å²) in [5.41, 5.74) is 7.53. The van der Waals surface area contributed by atoms with Gasteiger partial charge in [0.25, 0.3) is 5.91 Å². The molecule has 1 aromatic heterocycles. The summed E-state index contributed by atoms with van der Waals surface area (Å²) in [6.07, 6.45) is 2.95. The summed E-state index contributed by atoms with van der Waals surface area (Å²) in [5, 5.41) is 0.444. The Kier molecular flexibility index (Phi) is 7.08. The van der Waals surface area contributed by atoms with Gasteiger partial charge in [0.1, 0.15) is 17.0 Å². The molecular weight excluding hydrogens is 430 g/mol. The van der Waals surface area contributed by atoms with E-state index in [1.807, 2.05) is 33.8 Å². The van der Waals surface area contributed by atoms with Crippen LogP contribution in [0.5, 0.6) is 5.75 Å². The van der Waals surface area contributed by atoms with Crippen LogP contribution in [-0.2, 0) is 9.53 Å². The van der Waals surface area contributed by atoms with E-state index in [1.165, 1.54) is 0 Å². The van der Waals surface area contributed by atoms with Crippen molar-refractivity contribution in [2.75, 3.05) is 0 Å². The molecule has 0 spiro atoms. The van der Waals surface area contributed by atoms with E-state index in [0.29, 0.717) is 27.9 Å². The lowest BCUT2D eigenvalue weighted by Gasteiger charge is -2.30. The maximum atomic E-state index is 12.3. The van der Waals surface area contributed by atoms with Crippen LogP contribution in [0.1, 0.15) is 68.3 Å². The number of nitrogens with zero attached hydrogens (tertiary/aromatic N) is 2. The number of benzene rings is 1. The lowest BCUT2D eigenvalue weighted by molar-refractivity contribution is -0.161. The third-order valence-electron chi connectivity index (χ3n) is 5.39. The fourth-order valence-corrected chi connectivity index (χ4v) is 4.09. The summed E-state index contributed by atoms with van der Waals surface area (Å²) in [6, 6.07) is 5.38. The van der Waals surface area contributed by atoms with Gasteiger partial charge in [0.15, 0.2) is 0 Å². The van der Waals surface area contributed by atoms with E-state index >= 15 is 0 Å². The van der Waals surface area contributed by atoms with Crippen molar-refractivity contribution in [1.82, 2.24) is 9.97 Å². The van der Waals surface area contributed by atoms with Gasteiger partial charge in [0.2, 0.25) is 0 Å². The van der Waals surface area contributed by atoms with E-state index in [9.17, 15) is 9.59 Å². The third kappa shape index (κ3) is 5.76. The van der Waals surface area contributed by atoms with Crippen LogP contribution in [0.2, 0.25) is 5.02 Å². The highest BCUT2D eigenvalue weighted by molar-refractivity contribution is 6.32. The summed E-state index contributed by atoms with van der Waals surface area (Å²) in [4.78, 5) is 32.7. The van der Waals surface area contributed by atoms with Crippen molar-refractivity contribution in [2.45, 2.75) is 72.0 Å². The first-order chi connectivity index (χ1) is 14.9. The normalized spacial score (nSPS) is 18.8. The third-order valence-corrected chi connectivity index (χ3v) is 5.69. The van der Waals surface area contributed by atoms with Crippen LogP contribution in [0.4, 0.5) is 0 Å². The zero-order valence-corrected chi connectivity index (χ0v) is 20.0. The maximum Gasteiger partial charge on any atom is 0.309 e. The number of esters is 1. The number of carbonyl (C=O) groups is 2. The van der Waals surface area contributed by atoms with Crippen LogP contribution >= 0.6 is 11.6 Å². The minimum atomic E-state index is -0.621. The highest BCUT2D eigenvalue weighted by atomic mass is 35.5. The fourth-order valence-electron chi connectivity index (χ4n) is 3.86. The van der Waals surface area contributed by atoms with Crippen molar-refractivity contribution in [1.29, 1.82) is 0 Å². The van der Waals surface area contributed by atoms with Crippen molar-refractivity contribution in [3.8, 4) is 17.0 Å². The molecular formula is C24H30ClN3O4. The number of ether oxygens (including phenoxy) is 2. The zero-order chi connectivity index (χ0) is 23.6. The van der Waals surface area contributed by atoms with Crippen molar-refractivity contribution < 1.29 is 19.1 Å². The minimum Gasteiger partial charge on any atom is -0.489 e. The van der Waals surface area contributed by atoms with Gasteiger partial charge in [-0.05, 0) is 78.5 Å². The molecule has 2 aromatic rings. The van der Waals surface area contributed by atoms with Gasteiger partial charge < -0.3 is 15.2 Å². The molecule has 0 saturated heterocycles. The van der Waals surface area contributed by atoms with E-state index < -0.39 is 11.5 Å². The van der Waals surface area contributed by atoms with Gasteiger partial charge in [-0.15, -0.1) is 0 Å². The number of hydrogen-bond donors (Lipinski definition) is 1. The molecule has 8 heteroatoms. The van der Waals surface area contributed by atoms with Crippen molar-refractivity contribution in [3.05, 3.63) is 40.3 Å². The lowest BCUT2D eigenvalue weighted by Crippen LogP contribution is -2.33. The van der Waals surface area contributed by atoms with Crippen molar-refractivity contribution >= 4 is 23.5 Å². The largest absolute Gasteiger partial charge is 0.489 e. The predicted octanol–water partition coefficient (Wildman–Crippen LogP) is 4.79. The molecule has 1 aromatic carbocycles. The Balaban J connectivity index is 1.68. The quantitative estimate of drug-likeness (QED) is 0.644. The number of halogens is 1. The standard InChI is InChI=1S/C24H30ClN3O4/c1-13-20(28-21(22(26)29)14(2)27-13)16-8-11-19(18(25)12-16)31-17-9-6-15(7-10-17)23(30)32-24(3,4)5/h8,11-12,15,17H,6-7,9-10H2,1-5H3,(H2,26,29). The molecule has 0 aliphatic heterocycles. The van der Waals surface area contributed by atoms with Gasteiger partial charge in [0.05, 0.1) is 34.1 Å². The number of rotatable bonds is 5. The molecule has 1 amide bonds. The summed E-state index contributed by atoms with van der Waals surface area (Å²) < 4.78 is 11.6. The van der Waals surface area contributed by atoms with E-state index in [2.05, 4.69) is 9.97 Å². The van der Waals surface area contributed by atoms with Gasteiger partial charge in [-0.2, -0.15) is 0 Å². The number of amides is 1. The first kappa shape index (κ1) is 24.0. The summed E-state index contributed by atoms with van der Waals surface area (Å²) in [6.45, 7) is 9.16. The Hall–Kier alpha value is -2.67. The van der Waals surface area contributed by atoms with Gasteiger partial charge >= 0.3 is 5.97 Å². The van der Waals surface area contributed by atoms with Crippen LogP contribution in [0.15, 0.2) is 18.2 Å². The molecule has 1 aliphatic rings. The minimum absolute atomic E-state index is 0.0144. The number of hydrogen-bond acceptors (Lipinski definition) is 6. The number of aryl methyl sites for hydroxylation is 2. The first-order valence-electron chi connectivity index (χ1n) is 10.8. The Morgan fingerprint density at radius 3 is 2.28 bits per heavy atom. The second-order valence-corrected chi connectivity index (χ2v) is 9.63. The monoisotopic (exact) mass is 459 g/mol. The van der Waals surface area contributed by atoms with E-state index in [0.717, 1.165) is 31.2 Å². The molecule has 7 nitrogen and oxygen atoms in total. The molecule has 32 heavy (non-hydrogen) atoms. The highest BCUT2D eigenvalue weighted by Gasteiger charge is 2.31. The summed E-state index contributed by atoms with van der Waals surface area (Å²) >= 11 is 6.50. The van der Waals surface area contributed by atoms with Crippen LogP contribution < -0.4 is 10.5 Å². The van der Waals surface area contributed by atoms with E-state index in [-0.39, 0.29) is 23.7 Å². The molecule has 1 saturated carbocycles. The average molecular weight is 460 g/mol. The molecule has 172 valence electrons. The second-order valence-electron chi connectivity index (χ2n) is 9.23. The number of nitrogens with two attached hydrogens (primary N) is 1. The zero-order valence-electron chi connectivity index (χ0n) is 19.2. The molecule has 0 radical (unpaired) electrons. The molecule has 0 atom stereocenters. The fraction of sp³-hybridized carbons (Fsp3) is 0.500. The van der Waals surface area contributed by atoms with Gasteiger partial charge in [-0.25, -0.2) is 4.98 Å². The van der Waals surface area contributed by atoms with Crippen LogP contribution in [0, 0.1) is 19.8 Å². The second kappa shape index (κ2) is 9.45. The molecule has 3 rings (SSSR count). The maximum absolute atomic E-state index is 12.3. The Labute approximate surface area is 193 Å². The SMILES string of the molecule is Cc1nc(C)c(-c2ccc(OC3CCC(C(=O)OC(C)(C)C)CC3)c(Cl)c2)nc1C(N)=O. The van der Waals surface area contributed by atoms with Gasteiger partial charge in [-0.3, -0.25) is 14.6 Å². The highest BCUT2D eigenvalue weighted by Crippen LogP contribution is 2.35. The van der Waals surface area contributed by atoms with Gasteiger partial charge in [0, 0.05) is 5.56 Å². The Bertz CT molecular complexity index is 1020. The topological polar surface area (TPSA) is 104 Å². The molecule has 1 aliphatic carbocycles. The van der Waals surface area contributed by atoms with Crippen molar-refractivity contribution in [3.63, 3.8) is 0 Å². The Morgan fingerprint density at radius 1 is 1.06 bits per heavy atom. The summed E-state index contributed by atoms with van der Waals surface area (Å²) in [7, 11) is 0. The molecule has 0 bridgehead atoms. The first-order valence-corrected chi connectivity index (χ1v) is 11.2. The van der Waals surface area contributed by atoms with Crippen LogP contribution in [0.25, 0.3) is 11.3 Å². The molecule has 1 fully saturated rings. The molecule has 0 unspecified atom stereocenters. The Morgan fingerprint density at radius 2 is 1.72 bits per heavy atom. The summed E-state index contributed by atoms with van der Waals surface area (Å²) in [5.74, 6) is -0.272. The van der Waals surface area contributed by atoms with Crippen LogP contribution in [0.3, 0.4) is 0 Å². The number of aromatic nitrogens is 2. The van der Waals surface area contributed by atoms with E-state index in [4.69, 9.17) is 26.8 Å². The number of primary amides is 1. The number of carbonyl (C=O) groups excluding carboxylic acids is 2. The van der Waals surface area contributed by atoms with Crippen LogP contribution in [-0.4, -0.2) is 33.5 Å². The average Bonchev–Trinajstić information content (AvgIpc) is 2.68. The van der Waals surface area contributed by atoms with Gasteiger partial charge in [-0.1, -0.05) is 11.6 Å². The van der Waals surface area contributed by atoms with Crippen molar-refractivity contribution in [2.24, 2.45) is 11.7 Å². The lowest BCUT2D eigenvalue weighted by atomic mass is 9.87. The molecule has 1 heterocycles. The van der Waals surface area contributed by atoms with E-state index in [1.54, 1.807) is 19.1 Å².